The zero-order chi connectivity index (χ0) is 18.2. The summed E-state index contributed by atoms with van der Waals surface area (Å²) in [7, 11) is 0. The van der Waals surface area contributed by atoms with E-state index in [0.29, 0.717) is 11.4 Å². The first-order chi connectivity index (χ1) is 12.0. The van der Waals surface area contributed by atoms with Crippen LogP contribution in [0.3, 0.4) is 0 Å². The topological polar surface area (TPSA) is 64.6 Å². The first-order valence-electron chi connectivity index (χ1n) is 7.90. The minimum absolute atomic E-state index is 0.0702. The maximum atomic E-state index is 12.1. The smallest absolute Gasteiger partial charge is 0.310 e. The van der Waals surface area contributed by atoms with Gasteiger partial charge in [-0.05, 0) is 59.6 Å². The number of carbonyl (C=O) groups excluding carboxylic acids is 2. The molecule has 25 heavy (non-hydrogen) atoms. The standard InChI is InChI=1S/C19H20BrNO4/c1-13-8-9-17(16(20)12-13)21-19(23)14(2)25-18(22)10-11-24-15-6-4-3-5-7-15/h3-9,12,14H,10-11H2,1-2H3,(H,21,23)/t14-/m1/s1. The molecule has 1 amide bonds. The van der Waals surface area contributed by atoms with Crippen LogP contribution in [0.25, 0.3) is 0 Å². The number of carbonyl (C=O) groups is 2. The van der Waals surface area contributed by atoms with E-state index in [0.717, 1.165) is 10.0 Å². The van der Waals surface area contributed by atoms with Crippen LogP contribution in [-0.4, -0.2) is 24.6 Å². The van der Waals surface area contributed by atoms with Gasteiger partial charge in [0, 0.05) is 4.47 Å². The Kier molecular flexibility index (Phi) is 7.01. The molecular formula is C19H20BrNO4. The molecule has 0 saturated heterocycles. The molecule has 2 aromatic carbocycles. The van der Waals surface area contributed by atoms with E-state index in [9.17, 15) is 9.59 Å². The number of nitrogens with one attached hydrogen (secondary N) is 1. The van der Waals surface area contributed by atoms with Gasteiger partial charge in [-0.25, -0.2) is 0 Å². The molecule has 2 aromatic rings. The maximum Gasteiger partial charge on any atom is 0.310 e. The van der Waals surface area contributed by atoms with Crippen LogP contribution in [0.5, 0.6) is 5.75 Å². The van der Waals surface area contributed by atoms with E-state index in [1.54, 1.807) is 18.2 Å². The zero-order valence-electron chi connectivity index (χ0n) is 14.1. The minimum atomic E-state index is -0.891. The third-order valence-electron chi connectivity index (χ3n) is 3.38. The van der Waals surface area contributed by atoms with Crippen molar-refractivity contribution in [2.24, 2.45) is 0 Å². The highest BCUT2D eigenvalue weighted by molar-refractivity contribution is 9.10. The largest absolute Gasteiger partial charge is 0.493 e. The number of hydrogen-bond acceptors (Lipinski definition) is 4. The highest BCUT2D eigenvalue weighted by Gasteiger charge is 2.18. The average molecular weight is 406 g/mol. The molecule has 0 heterocycles. The SMILES string of the molecule is Cc1ccc(NC(=O)[C@@H](C)OC(=O)CCOc2ccccc2)c(Br)c1. The number of amides is 1. The van der Waals surface area contributed by atoms with Crippen molar-refractivity contribution < 1.29 is 19.1 Å². The maximum absolute atomic E-state index is 12.1. The minimum Gasteiger partial charge on any atom is -0.493 e. The molecule has 0 unspecified atom stereocenters. The molecule has 0 aromatic heterocycles. The summed E-state index contributed by atoms with van der Waals surface area (Å²) >= 11 is 3.39. The number of anilines is 1. The number of hydrogen-bond donors (Lipinski definition) is 1. The lowest BCUT2D eigenvalue weighted by Gasteiger charge is -2.14. The number of benzene rings is 2. The fraction of sp³-hybridized carbons (Fsp3) is 0.263. The molecule has 0 saturated carbocycles. The van der Waals surface area contributed by atoms with Crippen LogP contribution in [0, 0.1) is 6.92 Å². The third kappa shape index (κ3) is 6.23. The highest BCUT2D eigenvalue weighted by atomic mass is 79.9. The number of rotatable bonds is 7. The lowest BCUT2D eigenvalue weighted by atomic mass is 10.2. The van der Waals surface area contributed by atoms with Crippen LogP contribution in [0.1, 0.15) is 18.9 Å². The molecule has 0 fully saturated rings. The third-order valence-corrected chi connectivity index (χ3v) is 4.03. The molecule has 0 radical (unpaired) electrons. The normalized spacial score (nSPS) is 11.5. The molecule has 1 N–H and O–H groups in total. The van der Waals surface area contributed by atoms with E-state index in [1.165, 1.54) is 6.92 Å². The molecular weight excluding hydrogens is 386 g/mol. The Bertz CT molecular complexity index is 733. The van der Waals surface area contributed by atoms with E-state index in [-0.39, 0.29) is 18.9 Å². The van der Waals surface area contributed by atoms with Gasteiger partial charge in [-0.2, -0.15) is 0 Å². The van der Waals surface area contributed by atoms with Crippen molar-refractivity contribution in [1.82, 2.24) is 0 Å². The second-order valence-corrected chi connectivity index (χ2v) is 6.37. The van der Waals surface area contributed by atoms with Gasteiger partial charge in [0.2, 0.25) is 0 Å². The van der Waals surface area contributed by atoms with E-state index in [1.807, 2.05) is 37.3 Å². The van der Waals surface area contributed by atoms with Gasteiger partial charge in [0.15, 0.2) is 6.10 Å². The van der Waals surface area contributed by atoms with Gasteiger partial charge in [0.1, 0.15) is 5.75 Å². The Morgan fingerprint density at radius 2 is 1.88 bits per heavy atom. The van der Waals surface area contributed by atoms with Crippen LogP contribution < -0.4 is 10.1 Å². The van der Waals surface area contributed by atoms with Crippen molar-refractivity contribution in [2.45, 2.75) is 26.4 Å². The summed E-state index contributed by atoms with van der Waals surface area (Å²) in [4.78, 5) is 24.0. The predicted octanol–water partition coefficient (Wildman–Crippen LogP) is 4.10. The first kappa shape index (κ1) is 19.0. The Balaban J connectivity index is 1.77. The first-order valence-corrected chi connectivity index (χ1v) is 8.69. The van der Waals surface area contributed by atoms with Gasteiger partial charge in [-0.15, -0.1) is 0 Å². The van der Waals surface area contributed by atoms with Gasteiger partial charge in [0.25, 0.3) is 5.91 Å². The summed E-state index contributed by atoms with van der Waals surface area (Å²) in [6, 6.07) is 14.8. The Morgan fingerprint density at radius 3 is 2.56 bits per heavy atom. The molecule has 0 aliphatic heterocycles. The van der Waals surface area contributed by atoms with Crippen LogP contribution >= 0.6 is 15.9 Å². The van der Waals surface area contributed by atoms with Crippen molar-refractivity contribution in [1.29, 1.82) is 0 Å². The quantitative estimate of drug-likeness (QED) is 0.704. The lowest BCUT2D eigenvalue weighted by molar-refractivity contribution is -0.153. The van der Waals surface area contributed by atoms with Crippen molar-refractivity contribution >= 4 is 33.5 Å². The number of halogens is 1. The molecule has 2 rings (SSSR count). The lowest BCUT2D eigenvalue weighted by Crippen LogP contribution is -2.30. The Labute approximate surface area is 155 Å². The summed E-state index contributed by atoms with van der Waals surface area (Å²) in [5, 5.41) is 2.73. The number of para-hydroxylation sites is 1. The van der Waals surface area contributed by atoms with Crippen LogP contribution in [0.15, 0.2) is 53.0 Å². The van der Waals surface area contributed by atoms with Gasteiger partial charge in [0.05, 0.1) is 18.7 Å². The van der Waals surface area contributed by atoms with Gasteiger partial charge in [-0.1, -0.05) is 24.3 Å². The second-order valence-electron chi connectivity index (χ2n) is 5.52. The monoisotopic (exact) mass is 405 g/mol. The predicted molar refractivity (Wildman–Crippen MR) is 99.6 cm³/mol. The van der Waals surface area contributed by atoms with Crippen molar-refractivity contribution in [3.8, 4) is 5.75 Å². The molecule has 0 aliphatic carbocycles. The van der Waals surface area contributed by atoms with E-state index >= 15 is 0 Å². The molecule has 0 aliphatic rings. The molecule has 5 nitrogen and oxygen atoms in total. The summed E-state index contributed by atoms with van der Waals surface area (Å²) in [5.41, 5.74) is 1.70. The Morgan fingerprint density at radius 1 is 1.16 bits per heavy atom. The molecule has 132 valence electrons. The van der Waals surface area contributed by atoms with Crippen LogP contribution in [-0.2, 0) is 14.3 Å². The molecule has 6 heteroatoms. The van der Waals surface area contributed by atoms with E-state index < -0.39 is 12.1 Å². The van der Waals surface area contributed by atoms with Gasteiger partial charge >= 0.3 is 5.97 Å². The number of esters is 1. The summed E-state index contributed by atoms with van der Waals surface area (Å²) in [6.07, 6.45) is -0.821. The molecule has 1 atom stereocenters. The van der Waals surface area contributed by atoms with Crippen molar-refractivity contribution in [3.05, 3.63) is 58.6 Å². The fourth-order valence-electron chi connectivity index (χ4n) is 2.03. The van der Waals surface area contributed by atoms with Gasteiger partial charge in [-0.3, -0.25) is 9.59 Å². The number of aryl methyl sites for hydroxylation is 1. The van der Waals surface area contributed by atoms with Crippen molar-refractivity contribution in [3.63, 3.8) is 0 Å². The van der Waals surface area contributed by atoms with Gasteiger partial charge < -0.3 is 14.8 Å². The summed E-state index contributed by atoms with van der Waals surface area (Å²) in [6.45, 7) is 3.69. The zero-order valence-corrected chi connectivity index (χ0v) is 15.7. The molecule has 0 spiro atoms. The Hall–Kier alpha value is -2.34. The van der Waals surface area contributed by atoms with E-state index in [4.69, 9.17) is 9.47 Å². The summed E-state index contributed by atoms with van der Waals surface area (Å²) < 4.78 is 11.3. The number of ether oxygens (including phenoxy) is 2. The molecule has 0 bridgehead atoms. The van der Waals surface area contributed by atoms with Crippen LogP contribution in [0.4, 0.5) is 5.69 Å². The van der Waals surface area contributed by atoms with Crippen LogP contribution in [0.2, 0.25) is 0 Å². The highest BCUT2D eigenvalue weighted by Crippen LogP contribution is 2.23. The average Bonchev–Trinajstić information content (AvgIpc) is 2.58. The van der Waals surface area contributed by atoms with Crippen molar-refractivity contribution in [2.75, 3.05) is 11.9 Å². The fourth-order valence-corrected chi connectivity index (χ4v) is 2.63. The summed E-state index contributed by atoms with van der Waals surface area (Å²) in [5.74, 6) is -0.186. The second kappa shape index (κ2) is 9.22. The van der Waals surface area contributed by atoms with E-state index in [2.05, 4.69) is 21.2 Å².